The van der Waals surface area contributed by atoms with Gasteiger partial charge >= 0.3 is 5.97 Å². The Morgan fingerprint density at radius 3 is 2.35 bits per heavy atom. The van der Waals surface area contributed by atoms with E-state index in [1.807, 2.05) is 12.1 Å². The number of nitriles is 1. The Morgan fingerprint density at radius 2 is 1.90 bits per heavy atom. The van der Waals surface area contributed by atoms with E-state index in [1.165, 1.54) is 12.0 Å². The van der Waals surface area contributed by atoms with Gasteiger partial charge in [-0.1, -0.05) is 30.3 Å². The Hall–Kier alpha value is -2.35. The molecule has 1 rings (SSSR count). The summed E-state index contributed by atoms with van der Waals surface area (Å²) in [6.45, 7) is 3.43. The highest BCUT2D eigenvalue weighted by molar-refractivity contribution is 5.89. The van der Waals surface area contributed by atoms with Gasteiger partial charge in [0.05, 0.1) is 13.2 Å². The average Bonchev–Trinajstić information content (AvgIpc) is 2.45. The molecule has 0 bridgehead atoms. The van der Waals surface area contributed by atoms with Gasteiger partial charge in [-0.15, -0.1) is 0 Å². The molecule has 1 unspecified atom stereocenters. The summed E-state index contributed by atoms with van der Waals surface area (Å²) in [4.78, 5) is 25.2. The van der Waals surface area contributed by atoms with Crippen LogP contribution in [0.2, 0.25) is 0 Å². The van der Waals surface area contributed by atoms with Gasteiger partial charge in [-0.05, 0) is 19.4 Å². The number of carbonyl (C=O) groups is 2. The molecule has 1 atom stereocenters. The molecule has 1 amide bonds. The lowest BCUT2D eigenvalue weighted by molar-refractivity contribution is -0.148. The molecule has 0 saturated heterocycles. The van der Waals surface area contributed by atoms with Crippen molar-refractivity contribution in [2.45, 2.75) is 25.8 Å². The van der Waals surface area contributed by atoms with Gasteiger partial charge in [0.15, 0.2) is 0 Å². The quantitative estimate of drug-likeness (QED) is 0.766. The molecule has 0 aliphatic rings. The van der Waals surface area contributed by atoms with Crippen LogP contribution in [-0.4, -0.2) is 36.5 Å². The summed E-state index contributed by atoms with van der Waals surface area (Å²) < 4.78 is 4.58. The van der Waals surface area contributed by atoms with E-state index in [9.17, 15) is 14.9 Å². The van der Waals surface area contributed by atoms with E-state index >= 15 is 0 Å². The van der Waals surface area contributed by atoms with E-state index in [4.69, 9.17) is 0 Å². The van der Waals surface area contributed by atoms with E-state index < -0.39 is 11.9 Å². The molecule has 0 fully saturated rings. The topological polar surface area (TPSA) is 70.4 Å². The predicted molar refractivity (Wildman–Crippen MR) is 73.7 cm³/mol. The largest absolute Gasteiger partial charge is 0.468 e. The maximum atomic E-state index is 12.5. The summed E-state index contributed by atoms with van der Waals surface area (Å²) in [5.74, 6) is -1.81. The Balaban J connectivity index is 2.98. The molecule has 0 spiro atoms. The van der Waals surface area contributed by atoms with E-state index in [1.54, 1.807) is 38.1 Å². The summed E-state index contributed by atoms with van der Waals surface area (Å²) in [6.07, 6.45) is 0. The number of nitrogens with zero attached hydrogens (tertiary/aromatic N) is 2. The zero-order valence-electron chi connectivity index (χ0n) is 11.9. The van der Waals surface area contributed by atoms with Crippen LogP contribution in [0.4, 0.5) is 0 Å². The smallest absolute Gasteiger partial charge is 0.325 e. The standard InChI is InChI=1S/C15H18N2O3/c1-11(2)17(10-14(18)20-3)15(19)13(9-16)12-7-5-4-6-8-12/h4-8,11,13H,10H2,1-3H3. The number of hydrogen-bond donors (Lipinski definition) is 0. The third-order valence-corrected chi connectivity index (χ3v) is 2.94. The summed E-state index contributed by atoms with van der Waals surface area (Å²) in [6, 6.07) is 10.6. The molecular formula is C15H18N2O3. The van der Waals surface area contributed by atoms with Crippen LogP contribution < -0.4 is 0 Å². The fourth-order valence-electron chi connectivity index (χ4n) is 1.80. The lowest BCUT2D eigenvalue weighted by Gasteiger charge is -2.27. The fourth-order valence-corrected chi connectivity index (χ4v) is 1.80. The monoisotopic (exact) mass is 274 g/mol. The SMILES string of the molecule is COC(=O)CN(C(=O)C(C#N)c1ccccc1)C(C)C. The summed E-state index contributed by atoms with van der Waals surface area (Å²) >= 11 is 0. The lowest BCUT2D eigenvalue weighted by atomic mass is 9.98. The van der Waals surface area contributed by atoms with E-state index in [0.29, 0.717) is 5.56 Å². The molecular weight excluding hydrogens is 256 g/mol. The van der Waals surface area contributed by atoms with Crippen molar-refractivity contribution in [3.05, 3.63) is 35.9 Å². The first-order valence-electron chi connectivity index (χ1n) is 6.33. The molecule has 1 aromatic rings. The Labute approximate surface area is 118 Å². The van der Waals surface area contributed by atoms with Crippen LogP contribution in [0.1, 0.15) is 25.3 Å². The van der Waals surface area contributed by atoms with Gasteiger partial charge < -0.3 is 9.64 Å². The molecule has 20 heavy (non-hydrogen) atoms. The normalized spacial score (nSPS) is 11.6. The van der Waals surface area contributed by atoms with Crippen molar-refractivity contribution in [3.8, 4) is 6.07 Å². The van der Waals surface area contributed by atoms with Crippen molar-refractivity contribution < 1.29 is 14.3 Å². The minimum absolute atomic E-state index is 0.155. The molecule has 106 valence electrons. The predicted octanol–water partition coefficient (Wildman–Crippen LogP) is 1.70. The summed E-state index contributed by atoms with van der Waals surface area (Å²) in [5, 5.41) is 9.26. The van der Waals surface area contributed by atoms with E-state index in [0.717, 1.165) is 0 Å². The van der Waals surface area contributed by atoms with Crippen molar-refractivity contribution >= 4 is 11.9 Å². The average molecular weight is 274 g/mol. The van der Waals surface area contributed by atoms with Gasteiger partial charge in [-0.25, -0.2) is 0 Å². The van der Waals surface area contributed by atoms with Gasteiger partial charge in [0, 0.05) is 6.04 Å². The maximum absolute atomic E-state index is 12.5. The minimum Gasteiger partial charge on any atom is -0.468 e. The van der Waals surface area contributed by atoms with Crippen LogP contribution in [0.5, 0.6) is 0 Å². The van der Waals surface area contributed by atoms with E-state index in [-0.39, 0.29) is 18.5 Å². The second-order valence-electron chi connectivity index (χ2n) is 4.61. The molecule has 0 N–H and O–H groups in total. The second-order valence-corrected chi connectivity index (χ2v) is 4.61. The third-order valence-electron chi connectivity index (χ3n) is 2.94. The number of methoxy groups -OCH3 is 1. The van der Waals surface area contributed by atoms with Gasteiger partial charge in [-0.2, -0.15) is 5.26 Å². The van der Waals surface area contributed by atoms with Gasteiger partial charge in [0.1, 0.15) is 12.5 Å². The number of amides is 1. The Kier molecular flexibility index (Phi) is 5.73. The second kappa shape index (κ2) is 7.29. The first kappa shape index (κ1) is 15.7. The molecule has 0 aliphatic heterocycles. The van der Waals surface area contributed by atoms with Crippen LogP contribution in [-0.2, 0) is 14.3 Å². The zero-order chi connectivity index (χ0) is 15.1. The number of benzene rings is 1. The summed E-state index contributed by atoms with van der Waals surface area (Å²) in [7, 11) is 1.27. The Morgan fingerprint density at radius 1 is 1.30 bits per heavy atom. The van der Waals surface area contributed by atoms with Crippen molar-refractivity contribution in [1.82, 2.24) is 4.90 Å². The van der Waals surface area contributed by atoms with Crippen LogP contribution >= 0.6 is 0 Å². The van der Waals surface area contributed by atoms with Crippen molar-refractivity contribution in [3.63, 3.8) is 0 Å². The Bertz CT molecular complexity index is 506. The summed E-state index contributed by atoms with van der Waals surface area (Å²) in [5.41, 5.74) is 0.621. The number of hydrogen-bond acceptors (Lipinski definition) is 4. The molecule has 0 aliphatic carbocycles. The molecule has 0 radical (unpaired) electrons. The van der Waals surface area contributed by atoms with Gasteiger partial charge in [0.2, 0.25) is 5.91 Å². The molecule has 0 aromatic heterocycles. The third kappa shape index (κ3) is 3.82. The molecule has 0 heterocycles. The zero-order valence-corrected chi connectivity index (χ0v) is 11.9. The van der Waals surface area contributed by atoms with Crippen molar-refractivity contribution in [1.29, 1.82) is 5.26 Å². The molecule has 5 heteroatoms. The van der Waals surface area contributed by atoms with Crippen molar-refractivity contribution in [2.24, 2.45) is 0 Å². The lowest BCUT2D eigenvalue weighted by Crippen LogP contribution is -2.43. The van der Waals surface area contributed by atoms with Crippen LogP contribution in [0.25, 0.3) is 0 Å². The minimum atomic E-state index is -0.914. The highest BCUT2D eigenvalue weighted by Gasteiger charge is 2.29. The fraction of sp³-hybridized carbons (Fsp3) is 0.400. The first-order valence-corrected chi connectivity index (χ1v) is 6.33. The van der Waals surface area contributed by atoms with Crippen LogP contribution in [0, 0.1) is 11.3 Å². The van der Waals surface area contributed by atoms with Gasteiger partial charge in [0.25, 0.3) is 0 Å². The number of esters is 1. The van der Waals surface area contributed by atoms with Crippen molar-refractivity contribution in [2.75, 3.05) is 13.7 Å². The number of rotatable bonds is 5. The highest BCUT2D eigenvalue weighted by atomic mass is 16.5. The van der Waals surface area contributed by atoms with Gasteiger partial charge in [-0.3, -0.25) is 9.59 Å². The van der Waals surface area contributed by atoms with Crippen LogP contribution in [0.3, 0.4) is 0 Å². The molecule has 5 nitrogen and oxygen atoms in total. The molecule has 0 saturated carbocycles. The maximum Gasteiger partial charge on any atom is 0.325 e. The number of ether oxygens (including phenoxy) is 1. The molecule has 1 aromatic carbocycles. The van der Waals surface area contributed by atoms with Crippen LogP contribution in [0.15, 0.2) is 30.3 Å². The number of carbonyl (C=O) groups excluding carboxylic acids is 2. The first-order chi connectivity index (χ1) is 9.51. The van der Waals surface area contributed by atoms with E-state index in [2.05, 4.69) is 4.74 Å². The highest BCUT2D eigenvalue weighted by Crippen LogP contribution is 2.19.